The number of terminal acetylenes is 1. The van der Waals surface area contributed by atoms with E-state index in [4.69, 9.17) is 15.9 Å². The Kier molecular flexibility index (Phi) is 6.43. The van der Waals surface area contributed by atoms with Gasteiger partial charge in [0.2, 0.25) is 0 Å². The number of benzene rings is 2. The maximum Gasteiger partial charge on any atom is 0.169 e. The molecule has 26 heavy (non-hydrogen) atoms. The second-order valence-corrected chi connectivity index (χ2v) is 6.52. The van der Waals surface area contributed by atoms with Gasteiger partial charge in [-0.3, -0.25) is 0 Å². The second-order valence-electron chi connectivity index (χ2n) is 6.52. The summed E-state index contributed by atoms with van der Waals surface area (Å²) in [5, 5.41) is 13.4. The Hall–Kier alpha value is -2.16. The van der Waals surface area contributed by atoms with E-state index < -0.39 is 5.60 Å². The Morgan fingerprint density at radius 2 is 1.65 bits per heavy atom. The van der Waals surface area contributed by atoms with Gasteiger partial charge in [-0.15, -0.1) is 6.42 Å². The van der Waals surface area contributed by atoms with Crippen LogP contribution in [0.1, 0.15) is 17.5 Å². The number of aliphatic hydroxyl groups is 1. The van der Waals surface area contributed by atoms with Crippen molar-refractivity contribution >= 4 is 0 Å². The quantitative estimate of drug-likeness (QED) is 0.718. The van der Waals surface area contributed by atoms with E-state index in [1.54, 1.807) is 0 Å². The Morgan fingerprint density at radius 1 is 1.04 bits per heavy atom. The maximum atomic E-state index is 10.1. The van der Waals surface area contributed by atoms with Gasteiger partial charge in [0.1, 0.15) is 0 Å². The summed E-state index contributed by atoms with van der Waals surface area (Å²) in [5.74, 6) is 2.69. The van der Waals surface area contributed by atoms with Crippen LogP contribution >= 0.6 is 0 Å². The second kappa shape index (κ2) is 8.98. The molecule has 3 rings (SSSR count). The number of hydrogen-bond acceptors (Lipinski definition) is 4. The SMILES string of the molecule is C#C[C@@](CO)(OCc1ccccc1)[C@H]1NCC[C@@H]1OCc1ccccc1. The minimum atomic E-state index is -1.12. The molecule has 1 saturated heterocycles. The number of rotatable bonds is 8. The minimum Gasteiger partial charge on any atom is -0.392 e. The van der Waals surface area contributed by atoms with Crippen molar-refractivity contribution in [3.05, 3.63) is 71.8 Å². The van der Waals surface area contributed by atoms with Gasteiger partial charge in [0.05, 0.1) is 32.0 Å². The predicted molar refractivity (Wildman–Crippen MR) is 101 cm³/mol. The van der Waals surface area contributed by atoms with E-state index in [2.05, 4.69) is 11.2 Å². The number of hydrogen-bond donors (Lipinski definition) is 2. The first kappa shape index (κ1) is 18.6. The number of aliphatic hydroxyl groups excluding tert-OH is 1. The van der Waals surface area contributed by atoms with Crippen LogP contribution in [0.2, 0.25) is 0 Å². The molecule has 1 fully saturated rings. The van der Waals surface area contributed by atoms with Gasteiger partial charge in [-0.05, 0) is 24.1 Å². The van der Waals surface area contributed by atoms with Crippen LogP contribution in [0.5, 0.6) is 0 Å². The highest BCUT2D eigenvalue weighted by Gasteiger charge is 2.45. The van der Waals surface area contributed by atoms with Crippen LogP contribution in [0, 0.1) is 12.3 Å². The van der Waals surface area contributed by atoms with E-state index >= 15 is 0 Å². The van der Waals surface area contributed by atoms with Gasteiger partial charge >= 0.3 is 0 Å². The zero-order valence-corrected chi connectivity index (χ0v) is 14.8. The standard InChI is InChI=1S/C22H25NO3/c1-2-22(17-24,26-16-19-11-7-4-8-12-19)21-20(13-14-23-21)25-15-18-9-5-3-6-10-18/h1,3-12,20-21,23-24H,13-17H2/t20-,21-,22-/m0/s1. The summed E-state index contributed by atoms with van der Waals surface area (Å²) in [7, 11) is 0. The van der Waals surface area contributed by atoms with Gasteiger partial charge in [-0.2, -0.15) is 0 Å². The van der Waals surface area contributed by atoms with Crippen LogP contribution in [0.15, 0.2) is 60.7 Å². The molecule has 2 aromatic rings. The topological polar surface area (TPSA) is 50.7 Å². The van der Waals surface area contributed by atoms with Crippen LogP contribution in [0.4, 0.5) is 0 Å². The van der Waals surface area contributed by atoms with Crippen LogP contribution in [0.3, 0.4) is 0 Å². The Bertz CT molecular complexity index is 713. The molecule has 136 valence electrons. The van der Waals surface area contributed by atoms with Crippen LogP contribution in [-0.2, 0) is 22.7 Å². The van der Waals surface area contributed by atoms with Crippen molar-refractivity contribution in [2.45, 2.75) is 37.4 Å². The van der Waals surface area contributed by atoms with Crippen LogP contribution in [-0.4, -0.2) is 36.0 Å². The molecule has 0 radical (unpaired) electrons. The van der Waals surface area contributed by atoms with Crippen LogP contribution in [0.25, 0.3) is 0 Å². The van der Waals surface area contributed by atoms with Crippen molar-refractivity contribution in [1.82, 2.24) is 5.32 Å². The molecule has 0 bridgehead atoms. The van der Waals surface area contributed by atoms with E-state index in [-0.39, 0.29) is 18.8 Å². The molecule has 0 amide bonds. The highest BCUT2D eigenvalue weighted by atomic mass is 16.5. The lowest BCUT2D eigenvalue weighted by Gasteiger charge is -2.36. The molecule has 0 saturated carbocycles. The summed E-state index contributed by atoms with van der Waals surface area (Å²) < 4.78 is 12.2. The zero-order valence-electron chi connectivity index (χ0n) is 14.8. The van der Waals surface area contributed by atoms with Crippen LogP contribution < -0.4 is 5.32 Å². The normalized spacial score (nSPS) is 21.8. The third-order valence-electron chi connectivity index (χ3n) is 4.79. The van der Waals surface area contributed by atoms with E-state index in [0.717, 1.165) is 24.1 Å². The minimum absolute atomic E-state index is 0.117. The van der Waals surface area contributed by atoms with E-state index in [1.165, 1.54) is 0 Å². The maximum absolute atomic E-state index is 10.1. The van der Waals surface area contributed by atoms with Crippen molar-refractivity contribution in [3.8, 4) is 12.3 Å². The molecule has 3 atom stereocenters. The summed E-state index contributed by atoms with van der Waals surface area (Å²) in [6.45, 7) is 1.37. The smallest absolute Gasteiger partial charge is 0.169 e. The summed E-state index contributed by atoms with van der Waals surface area (Å²) in [4.78, 5) is 0. The molecular weight excluding hydrogens is 326 g/mol. The van der Waals surface area contributed by atoms with Crippen molar-refractivity contribution in [1.29, 1.82) is 0 Å². The van der Waals surface area contributed by atoms with E-state index in [0.29, 0.717) is 13.2 Å². The fourth-order valence-corrected chi connectivity index (χ4v) is 3.30. The lowest BCUT2D eigenvalue weighted by molar-refractivity contribution is -0.100. The molecule has 2 aromatic carbocycles. The molecule has 0 aliphatic carbocycles. The third-order valence-corrected chi connectivity index (χ3v) is 4.79. The molecule has 2 N–H and O–H groups in total. The molecule has 1 heterocycles. The molecule has 0 unspecified atom stereocenters. The average molecular weight is 351 g/mol. The first-order valence-electron chi connectivity index (χ1n) is 8.93. The average Bonchev–Trinajstić information content (AvgIpc) is 3.18. The molecule has 0 spiro atoms. The van der Waals surface area contributed by atoms with E-state index in [9.17, 15) is 5.11 Å². The van der Waals surface area contributed by atoms with Gasteiger partial charge in [-0.25, -0.2) is 0 Å². The van der Waals surface area contributed by atoms with Gasteiger partial charge in [0, 0.05) is 0 Å². The lowest BCUT2D eigenvalue weighted by atomic mass is 9.92. The number of nitrogens with one attached hydrogen (secondary N) is 1. The monoisotopic (exact) mass is 351 g/mol. The molecule has 4 nitrogen and oxygen atoms in total. The highest BCUT2D eigenvalue weighted by molar-refractivity contribution is 5.20. The largest absolute Gasteiger partial charge is 0.392 e. The molecule has 1 aliphatic rings. The summed E-state index contributed by atoms with van der Waals surface area (Å²) in [5.41, 5.74) is 1.01. The molecule has 0 aromatic heterocycles. The lowest BCUT2D eigenvalue weighted by Crippen LogP contribution is -2.56. The Labute approximate surface area is 155 Å². The van der Waals surface area contributed by atoms with Gasteiger partial charge < -0.3 is 19.9 Å². The summed E-state index contributed by atoms with van der Waals surface area (Å²) in [6, 6.07) is 19.6. The Morgan fingerprint density at radius 3 is 2.23 bits per heavy atom. The highest BCUT2D eigenvalue weighted by Crippen LogP contribution is 2.27. The van der Waals surface area contributed by atoms with Crippen molar-refractivity contribution in [2.75, 3.05) is 13.2 Å². The Balaban J connectivity index is 1.68. The first-order chi connectivity index (χ1) is 12.8. The molecule has 4 heteroatoms. The van der Waals surface area contributed by atoms with Gasteiger partial charge in [0.15, 0.2) is 5.60 Å². The number of ether oxygens (including phenoxy) is 2. The molecule has 1 aliphatic heterocycles. The van der Waals surface area contributed by atoms with Crippen molar-refractivity contribution < 1.29 is 14.6 Å². The fraction of sp³-hybridized carbons (Fsp3) is 0.364. The summed E-state index contributed by atoms with van der Waals surface area (Å²) in [6.07, 6.45) is 6.51. The molecular formula is C22H25NO3. The zero-order chi connectivity index (χ0) is 18.2. The predicted octanol–water partition coefficient (Wildman–Crippen LogP) is 2.51. The van der Waals surface area contributed by atoms with Crippen molar-refractivity contribution in [2.24, 2.45) is 0 Å². The first-order valence-corrected chi connectivity index (χ1v) is 8.93. The fourth-order valence-electron chi connectivity index (χ4n) is 3.30. The van der Waals surface area contributed by atoms with Crippen molar-refractivity contribution in [3.63, 3.8) is 0 Å². The van der Waals surface area contributed by atoms with Gasteiger partial charge in [-0.1, -0.05) is 66.6 Å². The van der Waals surface area contributed by atoms with Gasteiger partial charge in [0.25, 0.3) is 0 Å². The third kappa shape index (κ3) is 4.32. The summed E-state index contributed by atoms with van der Waals surface area (Å²) >= 11 is 0. The van der Waals surface area contributed by atoms with E-state index in [1.807, 2.05) is 60.7 Å².